The average Bonchev–Trinajstić information content (AvgIpc) is 2.20. The predicted octanol–water partition coefficient (Wildman–Crippen LogP) is 1.77. The van der Waals surface area contributed by atoms with E-state index in [2.05, 4.69) is 19.2 Å². The van der Waals surface area contributed by atoms with Crippen LogP contribution in [0.4, 0.5) is 5.69 Å². The topological polar surface area (TPSA) is 58.3 Å². The Morgan fingerprint density at radius 2 is 2.00 bits per heavy atom. The quantitative estimate of drug-likeness (QED) is 0.643. The minimum absolute atomic E-state index is 0.123. The molecule has 1 aromatic carbocycles. The van der Waals surface area contributed by atoms with Gasteiger partial charge in [0.2, 0.25) is 0 Å². The molecule has 90 valence electrons. The molecule has 0 unspecified atom stereocenters. The Labute approximate surface area is 97.7 Å². The van der Waals surface area contributed by atoms with Crippen LogP contribution in [0.15, 0.2) is 24.3 Å². The lowest BCUT2D eigenvalue weighted by Crippen LogP contribution is -2.30. The molecule has 3 nitrogen and oxygen atoms in total. The molecule has 0 bridgehead atoms. The van der Waals surface area contributed by atoms with E-state index in [4.69, 9.17) is 10.8 Å². The molecule has 0 atom stereocenters. The van der Waals surface area contributed by atoms with Crippen molar-refractivity contribution in [2.75, 3.05) is 18.9 Å². The molecule has 0 amide bonds. The zero-order valence-electron chi connectivity index (χ0n) is 10.2. The first-order valence-electron chi connectivity index (χ1n) is 5.70. The Hall–Kier alpha value is -1.06. The third-order valence-corrected chi connectivity index (χ3v) is 2.76. The molecule has 0 fully saturated rings. The Balaban J connectivity index is 2.39. The van der Waals surface area contributed by atoms with E-state index in [1.54, 1.807) is 0 Å². The van der Waals surface area contributed by atoms with Crippen LogP contribution in [-0.2, 0) is 6.54 Å². The van der Waals surface area contributed by atoms with Crippen LogP contribution in [0.25, 0.3) is 0 Å². The molecule has 3 heteroatoms. The highest BCUT2D eigenvalue weighted by Crippen LogP contribution is 2.18. The highest BCUT2D eigenvalue weighted by atomic mass is 16.3. The number of hydrogen-bond donors (Lipinski definition) is 3. The summed E-state index contributed by atoms with van der Waals surface area (Å²) in [6.07, 6.45) is 0.810. The number of benzene rings is 1. The number of nitrogens with one attached hydrogen (secondary N) is 1. The van der Waals surface area contributed by atoms with Gasteiger partial charge in [-0.05, 0) is 23.5 Å². The van der Waals surface area contributed by atoms with Crippen molar-refractivity contribution in [1.29, 1.82) is 0 Å². The summed E-state index contributed by atoms with van der Waals surface area (Å²) in [6.45, 7) is 6.18. The minimum atomic E-state index is 0.123. The number of aliphatic hydroxyl groups is 1. The largest absolute Gasteiger partial charge is 0.398 e. The van der Waals surface area contributed by atoms with Crippen LogP contribution < -0.4 is 11.1 Å². The third-order valence-electron chi connectivity index (χ3n) is 2.76. The zero-order valence-corrected chi connectivity index (χ0v) is 10.2. The highest BCUT2D eigenvalue weighted by Gasteiger charge is 2.16. The molecular weight excluding hydrogens is 200 g/mol. The van der Waals surface area contributed by atoms with Crippen molar-refractivity contribution in [2.45, 2.75) is 26.8 Å². The number of nitrogens with two attached hydrogens (primary N) is 1. The van der Waals surface area contributed by atoms with Gasteiger partial charge >= 0.3 is 0 Å². The molecule has 1 rings (SSSR count). The van der Waals surface area contributed by atoms with Crippen LogP contribution in [-0.4, -0.2) is 18.3 Å². The summed E-state index contributed by atoms with van der Waals surface area (Å²) >= 11 is 0. The molecule has 16 heavy (non-hydrogen) atoms. The Kier molecular flexibility index (Phi) is 4.77. The van der Waals surface area contributed by atoms with Gasteiger partial charge in [-0.3, -0.25) is 0 Å². The second-order valence-electron chi connectivity index (χ2n) is 4.94. The Morgan fingerprint density at radius 3 is 2.62 bits per heavy atom. The number of rotatable bonds is 6. The maximum Gasteiger partial charge on any atom is 0.0436 e. The van der Waals surface area contributed by atoms with Gasteiger partial charge in [0.25, 0.3) is 0 Å². The molecule has 0 spiro atoms. The number of hydrogen-bond acceptors (Lipinski definition) is 3. The molecule has 0 aliphatic heterocycles. The molecule has 0 heterocycles. The first kappa shape index (κ1) is 13.0. The standard InChI is InChI=1S/C13H22N2O/c1-13(2,7-8-16)10-15-9-11-5-3-4-6-12(11)14/h3-6,15-16H,7-10,14H2,1-2H3. The second kappa shape index (κ2) is 5.87. The maximum atomic E-state index is 8.91. The molecule has 0 saturated carbocycles. The normalized spacial score (nSPS) is 11.7. The number of para-hydroxylation sites is 1. The molecule has 0 aliphatic carbocycles. The van der Waals surface area contributed by atoms with Gasteiger partial charge in [0.05, 0.1) is 0 Å². The first-order valence-corrected chi connectivity index (χ1v) is 5.70. The maximum absolute atomic E-state index is 8.91. The van der Waals surface area contributed by atoms with Gasteiger partial charge in [-0.25, -0.2) is 0 Å². The molecule has 0 aliphatic rings. The summed E-state index contributed by atoms with van der Waals surface area (Å²) in [6, 6.07) is 7.87. The minimum Gasteiger partial charge on any atom is -0.398 e. The smallest absolute Gasteiger partial charge is 0.0436 e. The average molecular weight is 222 g/mol. The molecule has 1 aromatic rings. The first-order chi connectivity index (χ1) is 7.55. The van der Waals surface area contributed by atoms with Crippen molar-refractivity contribution < 1.29 is 5.11 Å². The number of nitrogen functional groups attached to an aromatic ring is 1. The molecule has 0 saturated heterocycles. The van der Waals surface area contributed by atoms with Gasteiger partial charge in [0, 0.05) is 25.4 Å². The lowest BCUT2D eigenvalue weighted by molar-refractivity contribution is 0.207. The van der Waals surface area contributed by atoms with Crippen molar-refractivity contribution in [3.05, 3.63) is 29.8 Å². The fourth-order valence-electron chi connectivity index (χ4n) is 1.62. The van der Waals surface area contributed by atoms with Crippen LogP contribution in [0.5, 0.6) is 0 Å². The van der Waals surface area contributed by atoms with Gasteiger partial charge in [-0.15, -0.1) is 0 Å². The van der Waals surface area contributed by atoms with E-state index in [9.17, 15) is 0 Å². The van der Waals surface area contributed by atoms with Crippen molar-refractivity contribution in [1.82, 2.24) is 5.32 Å². The summed E-state index contributed by atoms with van der Waals surface area (Å²) in [5.41, 5.74) is 7.93. The summed E-state index contributed by atoms with van der Waals surface area (Å²) in [5, 5.41) is 12.3. The Morgan fingerprint density at radius 1 is 1.31 bits per heavy atom. The lowest BCUT2D eigenvalue weighted by Gasteiger charge is -2.24. The Bertz CT molecular complexity index is 323. The number of aliphatic hydroxyl groups excluding tert-OH is 1. The van der Waals surface area contributed by atoms with E-state index in [0.29, 0.717) is 0 Å². The van der Waals surface area contributed by atoms with Crippen LogP contribution in [0.3, 0.4) is 0 Å². The second-order valence-corrected chi connectivity index (χ2v) is 4.94. The van der Waals surface area contributed by atoms with Crippen LogP contribution >= 0.6 is 0 Å². The molecule has 0 radical (unpaired) electrons. The lowest BCUT2D eigenvalue weighted by atomic mass is 9.90. The van der Waals surface area contributed by atoms with Crippen molar-refractivity contribution in [3.63, 3.8) is 0 Å². The summed E-state index contributed by atoms with van der Waals surface area (Å²) in [5.74, 6) is 0. The fourth-order valence-corrected chi connectivity index (χ4v) is 1.62. The van der Waals surface area contributed by atoms with E-state index >= 15 is 0 Å². The third kappa shape index (κ3) is 4.21. The van der Waals surface area contributed by atoms with Crippen molar-refractivity contribution in [3.8, 4) is 0 Å². The molecule has 0 aromatic heterocycles. The summed E-state index contributed by atoms with van der Waals surface area (Å²) in [7, 11) is 0. The van der Waals surface area contributed by atoms with E-state index in [1.807, 2.05) is 24.3 Å². The van der Waals surface area contributed by atoms with E-state index in [1.165, 1.54) is 0 Å². The van der Waals surface area contributed by atoms with Crippen LogP contribution in [0.2, 0.25) is 0 Å². The van der Waals surface area contributed by atoms with Gasteiger partial charge in [0.1, 0.15) is 0 Å². The van der Waals surface area contributed by atoms with Gasteiger partial charge in [-0.1, -0.05) is 32.0 Å². The fraction of sp³-hybridized carbons (Fsp3) is 0.538. The molecule has 4 N–H and O–H groups in total. The van der Waals surface area contributed by atoms with Gasteiger partial charge in [-0.2, -0.15) is 0 Å². The van der Waals surface area contributed by atoms with E-state index in [-0.39, 0.29) is 12.0 Å². The predicted molar refractivity (Wildman–Crippen MR) is 68.0 cm³/mol. The van der Waals surface area contributed by atoms with E-state index < -0.39 is 0 Å². The highest BCUT2D eigenvalue weighted by molar-refractivity contribution is 5.46. The van der Waals surface area contributed by atoms with E-state index in [0.717, 1.165) is 30.8 Å². The zero-order chi connectivity index (χ0) is 12.0. The van der Waals surface area contributed by atoms with Crippen LogP contribution in [0, 0.1) is 5.41 Å². The number of anilines is 1. The summed E-state index contributed by atoms with van der Waals surface area (Å²) in [4.78, 5) is 0. The monoisotopic (exact) mass is 222 g/mol. The SMILES string of the molecule is CC(C)(CCO)CNCc1ccccc1N. The van der Waals surface area contributed by atoms with Crippen molar-refractivity contribution >= 4 is 5.69 Å². The molecular formula is C13H22N2O. The van der Waals surface area contributed by atoms with Gasteiger partial charge in [0.15, 0.2) is 0 Å². The van der Waals surface area contributed by atoms with Crippen LogP contribution in [0.1, 0.15) is 25.8 Å². The summed E-state index contributed by atoms with van der Waals surface area (Å²) < 4.78 is 0. The van der Waals surface area contributed by atoms with Gasteiger partial charge < -0.3 is 16.2 Å². The van der Waals surface area contributed by atoms with Crippen molar-refractivity contribution in [2.24, 2.45) is 5.41 Å².